The zero-order chi connectivity index (χ0) is 19.1. The number of aromatic nitrogens is 3. The molecule has 5 rings (SSSR count). The molecule has 1 aliphatic heterocycles. The number of carbonyl (C=O) groups is 1. The summed E-state index contributed by atoms with van der Waals surface area (Å²) in [5, 5.41) is 4.68. The third kappa shape index (κ3) is 3.01. The summed E-state index contributed by atoms with van der Waals surface area (Å²) in [5.41, 5.74) is 4.57. The number of ether oxygens (including phenoxy) is 2. The number of rotatable bonds is 4. The molecule has 2 N–H and O–H groups in total. The zero-order valence-corrected chi connectivity index (χ0v) is 15.8. The van der Waals surface area contributed by atoms with Gasteiger partial charge in [0.2, 0.25) is 12.7 Å². The fourth-order valence-corrected chi connectivity index (χ4v) is 3.95. The van der Waals surface area contributed by atoms with Crippen LogP contribution in [0.15, 0.2) is 47.8 Å². The van der Waals surface area contributed by atoms with E-state index < -0.39 is 0 Å². The van der Waals surface area contributed by atoms with Crippen LogP contribution in [-0.4, -0.2) is 33.4 Å². The minimum Gasteiger partial charge on any atom is -0.454 e. The van der Waals surface area contributed by atoms with E-state index in [0.29, 0.717) is 17.2 Å². The van der Waals surface area contributed by atoms with Crippen molar-refractivity contribution < 1.29 is 14.3 Å². The zero-order valence-electron chi connectivity index (χ0n) is 15.0. The van der Waals surface area contributed by atoms with Crippen molar-refractivity contribution >= 4 is 45.3 Å². The quantitative estimate of drug-likeness (QED) is 0.405. The average Bonchev–Trinajstić information content (AvgIpc) is 3.30. The predicted molar refractivity (Wildman–Crippen MR) is 108 cm³/mol. The van der Waals surface area contributed by atoms with Gasteiger partial charge in [0, 0.05) is 22.7 Å². The number of fused-ring (bicyclic) bond motifs is 4. The van der Waals surface area contributed by atoms with E-state index in [1.165, 1.54) is 23.7 Å². The Hall–Kier alpha value is -3.26. The molecule has 4 aromatic rings. The van der Waals surface area contributed by atoms with Gasteiger partial charge < -0.3 is 19.8 Å². The van der Waals surface area contributed by atoms with Crippen molar-refractivity contribution in [2.45, 2.75) is 11.9 Å². The Bertz CT molecular complexity index is 1220. The minimum absolute atomic E-state index is 0.123. The standard InChI is InChI=1S/C20H16N4O3S/c1-11-2-4-14-13(6-11)18-19(24-14)20(22-9-21-18)28-8-17(25)23-12-3-5-15-16(7-12)27-10-26-15/h2-7,9,24H,8,10H2,1H3,(H,23,25). The number of anilines is 1. The average molecular weight is 392 g/mol. The molecule has 0 unspecified atom stereocenters. The first-order valence-electron chi connectivity index (χ1n) is 8.73. The van der Waals surface area contributed by atoms with E-state index in [-0.39, 0.29) is 18.5 Å². The van der Waals surface area contributed by atoms with Crippen molar-refractivity contribution in [2.24, 2.45) is 0 Å². The highest BCUT2D eigenvalue weighted by Crippen LogP contribution is 2.34. The largest absolute Gasteiger partial charge is 0.454 e. The van der Waals surface area contributed by atoms with E-state index in [1.54, 1.807) is 18.2 Å². The monoisotopic (exact) mass is 392 g/mol. The van der Waals surface area contributed by atoms with Gasteiger partial charge in [0.15, 0.2) is 11.5 Å². The Balaban J connectivity index is 1.34. The molecule has 1 aliphatic rings. The number of benzene rings is 2. The van der Waals surface area contributed by atoms with E-state index in [9.17, 15) is 4.79 Å². The number of amides is 1. The Morgan fingerprint density at radius 2 is 2.07 bits per heavy atom. The van der Waals surface area contributed by atoms with E-state index in [2.05, 4.69) is 39.3 Å². The third-order valence-electron chi connectivity index (χ3n) is 4.50. The molecule has 0 saturated heterocycles. The van der Waals surface area contributed by atoms with Crippen LogP contribution in [0.3, 0.4) is 0 Å². The van der Waals surface area contributed by atoms with E-state index in [4.69, 9.17) is 9.47 Å². The molecule has 0 radical (unpaired) electrons. The smallest absolute Gasteiger partial charge is 0.234 e. The van der Waals surface area contributed by atoms with E-state index >= 15 is 0 Å². The number of carbonyl (C=O) groups excluding carboxylic acids is 1. The number of hydrogen-bond acceptors (Lipinski definition) is 6. The number of thioether (sulfide) groups is 1. The lowest BCUT2D eigenvalue weighted by atomic mass is 10.2. The number of hydrogen-bond donors (Lipinski definition) is 2. The fourth-order valence-electron chi connectivity index (χ4n) is 3.20. The highest BCUT2D eigenvalue weighted by Gasteiger charge is 2.15. The molecule has 2 aromatic heterocycles. The van der Waals surface area contributed by atoms with Crippen LogP contribution in [0.5, 0.6) is 11.5 Å². The number of nitrogens with zero attached hydrogens (tertiary/aromatic N) is 2. The second kappa shape index (κ2) is 6.72. The molecule has 1 amide bonds. The van der Waals surface area contributed by atoms with Crippen molar-refractivity contribution in [1.29, 1.82) is 0 Å². The van der Waals surface area contributed by atoms with Gasteiger partial charge in [-0.1, -0.05) is 23.4 Å². The molecule has 28 heavy (non-hydrogen) atoms. The van der Waals surface area contributed by atoms with Crippen LogP contribution in [0.4, 0.5) is 5.69 Å². The maximum atomic E-state index is 12.4. The lowest BCUT2D eigenvalue weighted by Gasteiger charge is -2.06. The van der Waals surface area contributed by atoms with Gasteiger partial charge in [-0.05, 0) is 31.2 Å². The van der Waals surface area contributed by atoms with E-state index in [1.807, 2.05) is 6.07 Å². The number of H-pyrrole nitrogens is 1. The summed E-state index contributed by atoms with van der Waals surface area (Å²) in [4.78, 5) is 24.5. The number of nitrogens with one attached hydrogen (secondary N) is 2. The third-order valence-corrected chi connectivity index (χ3v) is 5.49. The molecule has 0 aliphatic carbocycles. The summed E-state index contributed by atoms with van der Waals surface area (Å²) in [7, 11) is 0. The predicted octanol–water partition coefficient (Wildman–Crippen LogP) is 3.88. The van der Waals surface area contributed by atoms with Crippen LogP contribution < -0.4 is 14.8 Å². The molecular weight excluding hydrogens is 376 g/mol. The minimum atomic E-state index is -0.123. The van der Waals surface area contributed by atoms with Crippen molar-refractivity contribution in [3.8, 4) is 11.5 Å². The molecule has 0 saturated carbocycles. The Morgan fingerprint density at radius 1 is 1.18 bits per heavy atom. The van der Waals surface area contributed by atoms with Crippen molar-refractivity contribution in [3.63, 3.8) is 0 Å². The number of aromatic amines is 1. The van der Waals surface area contributed by atoms with Gasteiger partial charge in [-0.3, -0.25) is 4.79 Å². The maximum Gasteiger partial charge on any atom is 0.234 e. The Morgan fingerprint density at radius 3 is 3.00 bits per heavy atom. The van der Waals surface area contributed by atoms with Crippen LogP contribution in [0.2, 0.25) is 0 Å². The van der Waals surface area contributed by atoms with Gasteiger partial charge in [-0.15, -0.1) is 0 Å². The second-order valence-electron chi connectivity index (χ2n) is 6.48. The molecule has 0 fully saturated rings. The van der Waals surface area contributed by atoms with Gasteiger partial charge >= 0.3 is 0 Å². The van der Waals surface area contributed by atoms with Crippen LogP contribution in [0, 0.1) is 6.92 Å². The van der Waals surface area contributed by atoms with Crippen molar-refractivity contribution in [3.05, 3.63) is 48.3 Å². The normalized spacial score (nSPS) is 12.6. The summed E-state index contributed by atoms with van der Waals surface area (Å²) in [5.74, 6) is 1.43. The summed E-state index contributed by atoms with van der Waals surface area (Å²) in [6.45, 7) is 2.26. The van der Waals surface area contributed by atoms with Crippen LogP contribution in [0.25, 0.3) is 21.9 Å². The SMILES string of the molecule is Cc1ccc2[nH]c3c(SCC(=O)Nc4ccc5c(c4)OCO5)ncnc3c2c1. The lowest BCUT2D eigenvalue weighted by molar-refractivity contribution is -0.113. The molecule has 7 nitrogen and oxygen atoms in total. The van der Waals surface area contributed by atoms with Gasteiger partial charge in [0.25, 0.3) is 0 Å². The first-order chi connectivity index (χ1) is 13.7. The topological polar surface area (TPSA) is 89.1 Å². The summed E-state index contributed by atoms with van der Waals surface area (Å²) < 4.78 is 10.6. The van der Waals surface area contributed by atoms with Crippen LogP contribution >= 0.6 is 11.8 Å². The summed E-state index contributed by atoms with van der Waals surface area (Å²) >= 11 is 1.37. The van der Waals surface area contributed by atoms with Gasteiger partial charge in [0.05, 0.1) is 11.3 Å². The highest BCUT2D eigenvalue weighted by molar-refractivity contribution is 8.00. The Kier molecular flexibility index (Phi) is 4.05. The molecule has 8 heteroatoms. The Labute approximate surface area is 164 Å². The van der Waals surface area contributed by atoms with Gasteiger partial charge in [-0.2, -0.15) is 0 Å². The molecular formula is C20H16N4O3S. The second-order valence-corrected chi connectivity index (χ2v) is 7.45. The highest BCUT2D eigenvalue weighted by atomic mass is 32.2. The molecule has 0 atom stereocenters. The van der Waals surface area contributed by atoms with Crippen LogP contribution in [-0.2, 0) is 4.79 Å². The van der Waals surface area contributed by atoms with Gasteiger partial charge in [0.1, 0.15) is 16.9 Å². The molecule has 0 spiro atoms. The molecule has 3 heterocycles. The first-order valence-corrected chi connectivity index (χ1v) is 9.71. The number of aryl methyl sites for hydroxylation is 1. The molecule has 140 valence electrons. The maximum absolute atomic E-state index is 12.4. The van der Waals surface area contributed by atoms with Crippen molar-refractivity contribution in [1.82, 2.24) is 15.0 Å². The molecule has 2 aromatic carbocycles. The van der Waals surface area contributed by atoms with E-state index in [0.717, 1.165) is 27.0 Å². The van der Waals surface area contributed by atoms with Gasteiger partial charge in [-0.25, -0.2) is 9.97 Å². The summed E-state index contributed by atoms with van der Waals surface area (Å²) in [6.07, 6.45) is 1.54. The van der Waals surface area contributed by atoms with Crippen molar-refractivity contribution in [2.75, 3.05) is 17.9 Å². The van der Waals surface area contributed by atoms with Crippen LogP contribution in [0.1, 0.15) is 5.56 Å². The first kappa shape index (κ1) is 16.9. The molecule has 0 bridgehead atoms. The summed E-state index contributed by atoms with van der Waals surface area (Å²) in [6, 6.07) is 11.5. The lowest BCUT2D eigenvalue weighted by Crippen LogP contribution is -2.14. The fraction of sp³-hybridized carbons (Fsp3) is 0.150.